The van der Waals surface area contributed by atoms with Crippen molar-refractivity contribution in [1.29, 1.82) is 0 Å². The second kappa shape index (κ2) is 6.84. The van der Waals surface area contributed by atoms with Crippen LogP contribution in [0.5, 0.6) is 5.75 Å². The minimum atomic E-state index is -1.15. The van der Waals surface area contributed by atoms with Crippen molar-refractivity contribution in [3.05, 3.63) is 77.4 Å². The summed E-state index contributed by atoms with van der Waals surface area (Å²) in [4.78, 5) is 24.1. The van der Waals surface area contributed by atoms with E-state index in [9.17, 15) is 19.1 Å². The minimum Gasteiger partial charge on any atom is -0.497 e. The molecule has 142 valence electrons. The summed E-state index contributed by atoms with van der Waals surface area (Å²) in [6, 6.07) is 13.2. The number of aromatic carboxylic acids is 1. The third kappa shape index (κ3) is 3.00. The molecule has 1 aromatic heterocycles. The van der Waals surface area contributed by atoms with E-state index in [1.807, 2.05) is 6.07 Å². The van der Waals surface area contributed by atoms with Gasteiger partial charge in [-0.15, -0.1) is 0 Å². The summed E-state index contributed by atoms with van der Waals surface area (Å²) in [5.74, 6) is -1.76. The molecule has 0 radical (unpaired) electrons. The molecule has 0 saturated carbocycles. The van der Waals surface area contributed by atoms with E-state index in [1.165, 1.54) is 18.3 Å². The maximum Gasteiger partial charge on any atom is 0.339 e. The first kappa shape index (κ1) is 17.8. The zero-order chi connectivity index (χ0) is 19.8. The van der Waals surface area contributed by atoms with Gasteiger partial charge in [-0.3, -0.25) is 4.79 Å². The fraction of sp³-hybridized carbons (Fsp3) is 0.143. The van der Waals surface area contributed by atoms with E-state index < -0.39 is 17.7 Å². The molecular formula is C21H17FN2O4. The second-order valence-electron chi connectivity index (χ2n) is 6.54. The SMILES string of the molecule is COc1cccc(-n2cc(C(=O)O)c3c2[C@H](c2cccc(F)c2)CC(=O)N3)c1. The number of carbonyl (C=O) groups excluding carboxylic acids is 1. The Labute approximate surface area is 160 Å². The predicted molar refractivity (Wildman–Crippen MR) is 101 cm³/mol. The first-order valence-electron chi connectivity index (χ1n) is 8.66. The van der Waals surface area contributed by atoms with Gasteiger partial charge in [0.1, 0.15) is 17.1 Å². The van der Waals surface area contributed by atoms with Crippen molar-refractivity contribution >= 4 is 17.6 Å². The van der Waals surface area contributed by atoms with Gasteiger partial charge in [0.05, 0.1) is 18.5 Å². The lowest BCUT2D eigenvalue weighted by atomic mass is 9.88. The van der Waals surface area contributed by atoms with Gasteiger partial charge in [0.15, 0.2) is 0 Å². The summed E-state index contributed by atoms with van der Waals surface area (Å²) >= 11 is 0. The molecule has 1 atom stereocenters. The van der Waals surface area contributed by atoms with Gasteiger partial charge in [-0.2, -0.15) is 0 Å². The number of halogens is 1. The van der Waals surface area contributed by atoms with E-state index in [2.05, 4.69) is 5.32 Å². The van der Waals surface area contributed by atoms with Crippen LogP contribution < -0.4 is 10.1 Å². The average molecular weight is 380 g/mol. The van der Waals surface area contributed by atoms with Crippen molar-refractivity contribution in [2.45, 2.75) is 12.3 Å². The molecule has 0 aliphatic carbocycles. The number of hydrogen-bond acceptors (Lipinski definition) is 3. The van der Waals surface area contributed by atoms with Crippen LogP contribution >= 0.6 is 0 Å². The van der Waals surface area contributed by atoms with Gasteiger partial charge in [-0.25, -0.2) is 9.18 Å². The number of hydrogen-bond donors (Lipinski definition) is 2. The van der Waals surface area contributed by atoms with Crippen LogP contribution in [0.25, 0.3) is 5.69 Å². The molecule has 0 fully saturated rings. The van der Waals surface area contributed by atoms with Crippen LogP contribution in [-0.2, 0) is 4.79 Å². The number of aromatic nitrogens is 1. The van der Waals surface area contributed by atoms with E-state index in [4.69, 9.17) is 4.74 Å². The largest absolute Gasteiger partial charge is 0.497 e. The van der Waals surface area contributed by atoms with Crippen molar-refractivity contribution in [3.8, 4) is 11.4 Å². The number of nitrogens with zero attached hydrogens (tertiary/aromatic N) is 1. The van der Waals surface area contributed by atoms with Crippen molar-refractivity contribution in [1.82, 2.24) is 4.57 Å². The Morgan fingerprint density at radius 1 is 1.25 bits per heavy atom. The Kier molecular flexibility index (Phi) is 4.35. The van der Waals surface area contributed by atoms with Crippen LogP contribution in [0.3, 0.4) is 0 Å². The molecule has 0 bridgehead atoms. The van der Waals surface area contributed by atoms with Gasteiger partial charge in [-0.1, -0.05) is 18.2 Å². The Morgan fingerprint density at radius 3 is 2.75 bits per heavy atom. The third-order valence-corrected chi connectivity index (χ3v) is 4.84. The number of benzene rings is 2. The molecule has 2 heterocycles. The molecule has 0 saturated heterocycles. The van der Waals surface area contributed by atoms with Gasteiger partial charge in [0.2, 0.25) is 5.91 Å². The topological polar surface area (TPSA) is 80.6 Å². The maximum absolute atomic E-state index is 13.8. The number of amides is 1. The quantitative estimate of drug-likeness (QED) is 0.722. The summed E-state index contributed by atoms with van der Waals surface area (Å²) < 4.78 is 20.8. The summed E-state index contributed by atoms with van der Waals surface area (Å²) in [6.07, 6.45) is 1.56. The molecule has 4 rings (SSSR count). The minimum absolute atomic E-state index is 0.0210. The smallest absolute Gasteiger partial charge is 0.339 e. The van der Waals surface area contributed by atoms with Crippen LogP contribution in [0.15, 0.2) is 54.7 Å². The average Bonchev–Trinajstić information content (AvgIpc) is 3.07. The highest BCUT2D eigenvalue weighted by Crippen LogP contribution is 2.42. The van der Waals surface area contributed by atoms with Crippen LogP contribution in [0, 0.1) is 5.82 Å². The number of carboxylic acid groups (broad SMARTS) is 1. The second-order valence-corrected chi connectivity index (χ2v) is 6.54. The number of anilines is 1. The van der Waals surface area contributed by atoms with Crippen molar-refractivity contribution in [2.24, 2.45) is 0 Å². The molecule has 2 aromatic carbocycles. The number of nitrogens with one attached hydrogen (secondary N) is 1. The first-order valence-corrected chi connectivity index (χ1v) is 8.66. The molecule has 1 aliphatic rings. The first-order chi connectivity index (χ1) is 13.5. The van der Waals surface area contributed by atoms with Gasteiger partial charge in [0.25, 0.3) is 0 Å². The Hall–Kier alpha value is -3.61. The summed E-state index contributed by atoms with van der Waals surface area (Å²) in [7, 11) is 1.54. The monoisotopic (exact) mass is 380 g/mol. The molecule has 6 nitrogen and oxygen atoms in total. The maximum atomic E-state index is 13.8. The summed E-state index contributed by atoms with van der Waals surface area (Å²) in [5.41, 5.74) is 2.10. The van der Waals surface area contributed by atoms with Gasteiger partial charge in [0, 0.05) is 30.3 Å². The zero-order valence-corrected chi connectivity index (χ0v) is 15.0. The van der Waals surface area contributed by atoms with Crippen molar-refractivity contribution < 1.29 is 23.8 Å². The lowest BCUT2D eigenvalue weighted by molar-refractivity contribution is -0.116. The molecular weight excluding hydrogens is 363 g/mol. The molecule has 7 heteroatoms. The molecule has 1 aliphatic heterocycles. The predicted octanol–water partition coefficient (Wildman–Crippen LogP) is 3.80. The van der Waals surface area contributed by atoms with Crippen LogP contribution in [0.4, 0.5) is 10.1 Å². The lowest BCUT2D eigenvalue weighted by Gasteiger charge is -2.26. The van der Waals surface area contributed by atoms with Crippen LogP contribution in [0.2, 0.25) is 0 Å². The van der Waals surface area contributed by atoms with E-state index in [0.717, 1.165) is 0 Å². The molecule has 2 N–H and O–H groups in total. The Balaban J connectivity index is 1.97. The van der Waals surface area contributed by atoms with E-state index in [-0.39, 0.29) is 23.6 Å². The molecule has 3 aromatic rings. The summed E-state index contributed by atoms with van der Waals surface area (Å²) in [6.45, 7) is 0. The zero-order valence-electron chi connectivity index (χ0n) is 15.0. The fourth-order valence-electron chi connectivity index (χ4n) is 3.60. The lowest BCUT2D eigenvalue weighted by Crippen LogP contribution is -2.25. The third-order valence-electron chi connectivity index (χ3n) is 4.84. The molecule has 0 unspecified atom stereocenters. The highest BCUT2D eigenvalue weighted by Gasteiger charge is 2.34. The standard InChI is InChI=1S/C21H17FN2O4/c1-28-15-7-3-6-14(9-15)24-11-17(21(26)27)19-20(24)16(10-18(25)23-19)12-4-2-5-13(22)8-12/h2-9,11,16H,10H2,1H3,(H,23,25)(H,26,27)/t16-/m0/s1. The number of carboxylic acids is 1. The van der Waals surface area contributed by atoms with Crippen LogP contribution in [0.1, 0.15) is 34.0 Å². The Bertz CT molecular complexity index is 1090. The van der Waals surface area contributed by atoms with E-state index >= 15 is 0 Å². The fourth-order valence-corrected chi connectivity index (χ4v) is 3.60. The normalized spacial score (nSPS) is 15.6. The number of ether oxygens (including phenoxy) is 1. The van der Waals surface area contributed by atoms with Crippen molar-refractivity contribution in [2.75, 3.05) is 12.4 Å². The molecule has 1 amide bonds. The highest BCUT2D eigenvalue weighted by atomic mass is 19.1. The summed E-state index contributed by atoms with van der Waals surface area (Å²) in [5, 5.41) is 12.3. The number of rotatable bonds is 4. The van der Waals surface area contributed by atoms with E-state index in [1.54, 1.807) is 42.0 Å². The number of carbonyl (C=O) groups is 2. The van der Waals surface area contributed by atoms with Gasteiger partial charge >= 0.3 is 5.97 Å². The van der Waals surface area contributed by atoms with Gasteiger partial charge < -0.3 is 19.7 Å². The van der Waals surface area contributed by atoms with Gasteiger partial charge in [-0.05, 0) is 29.8 Å². The van der Waals surface area contributed by atoms with E-state index in [0.29, 0.717) is 22.7 Å². The Morgan fingerprint density at radius 2 is 2.04 bits per heavy atom. The van der Waals surface area contributed by atoms with Crippen LogP contribution in [-0.4, -0.2) is 28.7 Å². The number of fused-ring (bicyclic) bond motifs is 1. The molecule has 0 spiro atoms. The van der Waals surface area contributed by atoms with Crippen molar-refractivity contribution in [3.63, 3.8) is 0 Å². The number of methoxy groups -OCH3 is 1. The molecule has 28 heavy (non-hydrogen) atoms. The highest BCUT2D eigenvalue weighted by molar-refractivity contribution is 6.04.